The number of allylic oxidation sites excluding steroid dienone is 1. The molecule has 1 saturated heterocycles. The van der Waals surface area contributed by atoms with E-state index in [2.05, 4.69) is 38.8 Å². The monoisotopic (exact) mass is 587 g/mol. The first-order valence-corrected chi connectivity index (χ1v) is 15.7. The minimum atomic E-state index is -3.22. The maximum atomic E-state index is 11.6. The summed E-state index contributed by atoms with van der Waals surface area (Å²) >= 11 is 12.6. The number of fused-ring (bicyclic) bond motifs is 1. The van der Waals surface area contributed by atoms with Crippen LogP contribution >= 0.6 is 23.2 Å². The van der Waals surface area contributed by atoms with Gasteiger partial charge in [-0.1, -0.05) is 42.3 Å². The Balaban J connectivity index is 1.42. The maximum absolute atomic E-state index is 11.6. The van der Waals surface area contributed by atoms with Crippen molar-refractivity contribution in [1.82, 2.24) is 29.4 Å². The molecule has 3 aromatic rings. The van der Waals surface area contributed by atoms with Crippen LogP contribution in [0.25, 0.3) is 16.7 Å². The number of sulfonamides is 1. The molecule has 2 aliphatic rings. The van der Waals surface area contributed by atoms with Crippen LogP contribution in [0.1, 0.15) is 62.5 Å². The molecular formula is C27H31Cl2N7O2S. The van der Waals surface area contributed by atoms with E-state index in [9.17, 15) is 13.7 Å². The molecule has 39 heavy (non-hydrogen) atoms. The molecule has 1 fully saturated rings. The molecule has 1 aromatic carbocycles. The molecule has 0 bridgehead atoms. The van der Waals surface area contributed by atoms with Crippen LogP contribution in [-0.4, -0.2) is 64.5 Å². The van der Waals surface area contributed by atoms with Gasteiger partial charge in [0.25, 0.3) is 0 Å². The van der Waals surface area contributed by atoms with E-state index in [0.717, 1.165) is 49.1 Å². The summed E-state index contributed by atoms with van der Waals surface area (Å²) < 4.78 is 27.7. The topological polar surface area (TPSA) is 117 Å². The maximum Gasteiger partial charge on any atom is 0.208 e. The lowest BCUT2D eigenvalue weighted by Crippen LogP contribution is -2.48. The number of likely N-dealkylation sites (tertiary alicyclic amines) is 1. The van der Waals surface area contributed by atoms with Gasteiger partial charge in [-0.05, 0) is 68.3 Å². The predicted molar refractivity (Wildman–Crippen MR) is 153 cm³/mol. The average molecular weight is 589 g/mol. The minimum absolute atomic E-state index is 0.207. The number of nitrogens with zero attached hydrogens (tertiary/aromatic N) is 6. The van der Waals surface area contributed by atoms with Crippen molar-refractivity contribution in [3.63, 3.8) is 0 Å². The molecule has 9 nitrogen and oxygen atoms in total. The highest BCUT2D eigenvalue weighted by atomic mass is 35.5. The number of benzene rings is 1. The average Bonchev–Trinajstić information content (AvgIpc) is 3.51. The number of nitrogens with one attached hydrogen (secondary N) is 1. The van der Waals surface area contributed by atoms with Gasteiger partial charge in [0.1, 0.15) is 11.6 Å². The van der Waals surface area contributed by atoms with Gasteiger partial charge >= 0.3 is 0 Å². The van der Waals surface area contributed by atoms with Gasteiger partial charge in [-0.25, -0.2) is 27.8 Å². The Bertz CT molecular complexity index is 1580. The molecule has 5 rings (SSSR count). The Morgan fingerprint density at radius 3 is 2.79 bits per heavy atom. The first kappa shape index (κ1) is 28.0. The van der Waals surface area contributed by atoms with Crippen molar-refractivity contribution in [2.75, 3.05) is 19.3 Å². The highest BCUT2D eigenvalue weighted by Gasteiger charge is 2.35. The first-order valence-electron chi connectivity index (χ1n) is 13.1. The summed E-state index contributed by atoms with van der Waals surface area (Å²) in [7, 11) is -3.22. The van der Waals surface area contributed by atoms with Crippen LogP contribution in [0.3, 0.4) is 0 Å². The Labute approximate surface area is 238 Å². The zero-order chi connectivity index (χ0) is 27.9. The van der Waals surface area contributed by atoms with Gasteiger partial charge in [-0.2, -0.15) is 10.4 Å². The van der Waals surface area contributed by atoms with E-state index in [4.69, 9.17) is 28.2 Å². The summed E-state index contributed by atoms with van der Waals surface area (Å²) in [6.45, 7) is 5.61. The Kier molecular flexibility index (Phi) is 8.00. The van der Waals surface area contributed by atoms with Crippen molar-refractivity contribution in [3.8, 4) is 6.07 Å². The number of halogens is 2. The van der Waals surface area contributed by atoms with Crippen LogP contribution in [0.15, 0.2) is 30.5 Å². The molecule has 4 atom stereocenters. The highest BCUT2D eigenvalue weighted by molar-refractivity contribution is 7.88. The molecule has 3 heterocycles. The fourth-order valence-electron chi connectivity index (χ4n) is 5.88. The fraction of sp³-hybridized carbons (Fsp3) is 0.481. The van der Waals surface area contributed by atoms with Gasteiger partial charge in [0.05, 0.1) is 24.2 Å². The molecule has 0 amide bonds. The minimum Gasteiger partial charge on any atom is -0.296 e. The summed E-state index contributed by atoms with van der Waals surface area (Å²) in [6, 6.07) is 7.71. The number of hydrogen-bond donors (Lipinski definition) is 1. The van der Waals surface area contributed by atoms with E-state index in [1.165, 1.54) is 6.26 Å². The number of rotatable bonds is 7. The third kappa shape index (κ3) is 5.83. The summed E-state index contributed by atoms with van der Waals surface area (Å²) in [4.78, 5) is 12.0. The number of nitriles is 1. The molecule has 1 aliphatic heterocycles. The third-order valence-corrected chi connectivity index (χ3v) is 9.11. The second kappa shape index (κ2) is 11.1. The normalized spacial score (nSPS) is 23.1. The van der Waals surface area contributed by atoms with Crippen molar-refractivity contribution in [2.45, 2.75) is 57.7 Å². The Hall–Kier alpha value is -2.55. The zero-order valence-corrected chi connectivity index (χ0v) is 24.4. The van der Waals surface area contributed by atoms with E-state index in [0.29, 0.717) is 39.7 Å². The molecule has 12 heteroatoms. The van der Waals surface area contributed by atoms with Crippen LogP contribution in [0, 0.1) is 17.2 Å². The summed E-state index contributed by atoms with van der Waals surface area (Å²) in [6.07, 6.45) is 8.90. The molecule has 2 aromatic heterocycles. The molecule has 0 spiro atoms. The van der Waals surface area contributed by atoms with Gasteiger partial charge in [0, 0.05) is 28.7 Å². The number of aromatic nitrogens is 4. The highest BCUT2D eigenvalue weighted by Crippen LogP contribution is 2.37. The lowest BCUT2D eigenvalue weighted by Gasteiger charge is -2.39. The van der Waals surface area contributed by atoms with E-state index in [1.54, 1.807) is 23.0 Å². The molecule has 0 saturated carbocycles. The van der Waals surface area contributed by atoms with E-state index < -0.39 is 10.0 Å². The van der Waals surface area contributed by atoms with Crippen LogP contribution in [0.5, 0.6) is 0 Å². The third-order valence-electron chi connectivity index (χ3n) is 7.85. The molecule has 1 N–H and O–H groups in total. The van der Waals surface area contributed by atoms with Crippen LogP contribution < -0.4 is 4.72 Å². The number of hydrogen-bond acceptors (Lipinski definition) is 7. The van der Waals surface area contributed by atoms with Gasteiger partial charge in [-0.3, -0.25) is 4.90 Å². The van der Waals surface area contributed by atoms with Crippen LogP contribution in [-0.2, 0) is 10.0 Å². The van der Waals surface area contributed by atoms with Gasteiger partial charge in [0.2, 0.25) is 10.0 Å². The SMILES string of the molecule is C[C@@H]1CC(c2cnc3c(C#N)nn([C@H](C)c4ccc(Cl)cc4Cl)c3n2)=CC[C@@H]1N1CCCC1CNS(C)(=O)=O. The largest absolute Gasteiger partial charge is 0.296 e. The first-order chi connectivity index (χ1) is 18.6. The van der Waals surface area contributed by atoms with Crippen molar-refractivity contribution < 1.29 is 8.42 Å². The molecular weight excluding hydrogens is 557 g/mol. The van der Waals surface area contributed by atoms with Crippen LogP contribution in [0.2, 0.25) is 10.0 Å². The molecule has 1 aliphatic carbocycles. The molecule has 206 valence electrons. The quantitative estimate of drug-likeness (QED) is 0.421. The smallest absolute Gasteiger partial charge is 0.208 e. The van der Waals surface area contributed by atoms with Crippen molar-refractivity contribution in [3.05, 3.63) is 57.5 Å². The predicted octanol–water partition coefficient (Wildman–Crippen LogP) is 4.81. The second-order valence-corrected chi connectivity index (χ2v) is 13.2. The van der Waals surface area contributed by atoms with E-state index in [-0.39, 0.29) is 17.8 Å². The summed E-state index contributed by atoms with van der Waals surface area (Å²) in [5.74, 6) is 0.354. The van der Waals surface area contributed by atoms with E-state index in [1.807, 2.05) is 13.0 Å². The van der Waals surface area contributed by atoms with Crippen molar-refractivity contribution in [1.29, 1.82) is 5.26 Å². The standard InChI is InChI=1S/C27H31Cl2N7O2S/c1-16-11-18(6-9-25(16)35-10-4-5-20(35)14-32-39(3,37)38)24-15-31-26-23(13-30)34-36(27(26)33-24)17(2)21-8-7-19(28)12-22(21)29/h6-8,12,15-17,20,25,32H,4-5,9-11,14H2,1-3H3/t16-,17-,20?,25+/m1/s1. The molecule has 0 radical (unpaired) electrons. The van der Waals surface area contributed by atoms with Crippen LogP contribution in [0.4, 0.5) is 0 Å². The lowest BCUT2D eigenvalue weighted by molar-refractivity contribution is 0.133. The fourth-order valence-corrected chi connectivity index (χ4v) is 6.94. The Morgan fingerprint density at radius 2 is 2.10 bits per heavy atom. The van der Waals surface area contributed by atoms with Gasteiger partial charge < -0.3 is 0 Å². The Morgan fingerprint density at radius 1 is 1.31 bits per heavy atom. The van der Waals surface area contributed by atoms with E-state index >= 15 is 0 Å². The summed E-state index contributed by atoms with van der Waals surface area (Å²) in [5.41, 5.74) is 3.91. The molecule has 1 unspecified atom stereocenters. The lowest BCUT2D eigenvalue weighted by atomic mass is 9.83. The van der Waals surface area contributed by atoms with Crippen molar-refractivity contribution in [2.24, 2.45) is 5.92 Å². The second-order valence-electron chi connectivity index (χ2n) is 10.5. The van der Waals surface area contributed by atoms with Gasteiger partial charge in [0.15, 0.2) is 11.3 Å². The zero-order valence-electron chi connectivity index (χ0n) is 22.1. The van der Waals surface area contributed by atoms with Crippen molar-refractivity contribution >= 4 is 50.0 Å². The van der Waals surface area contributed by atoms with Gasteiger partial charge in [-0.15, -0.1) is 0 Å². The summed E-state index contributed by atoms with van der Waals surface area (Å²) in [5, 5.41) is 15.3.